The lowest BCUT2D eigenvalue weighted by Crippen LogP contribution is -2.41. The molecule has 2 fully saturated rings. The van der Waals surface area contributed by atoms with Crippen molar-refractivity contribution in [2.45, 2.75) is 64.1 Å². The van der Waals surface area contributed by atoms with Crippen LogP contribution in [0.5, 0.6) is 0 Å². The van der Waals surface area contributed by atoms with Crippen LogP contribution in [0.4, 0.5) is 0 Å². The number of rotatable bonds is 8. The Balaban J connectivity index is 1.48. The number of fused-ring (bicyclic) bond motifs is 1. The molecule has 2 aliphatic heterocycles. The SMILES string of the molecule is NC(=O)CCn1cc(CN2CCCCC2CCN2CCCC2=O)c2ccccc21. The fraction of sp³-hybridized carbons (Fsp3) is 0.565. The van der Waals surface area contributed by atoms with Gasteiger partial charge in [-0.05, 0) is 43.9 Å². The van der Waals surface area contributed by atoms with Gasteiger partial charge in [0, 0.05) is 62.2 Å². The number of carbonyl (C=O) groups is 2. The molecule has 4 rings (SSSR count). The van der Waals surface area contributed by atoms with E-state index in [1.54, 1.807) is 0 Å². The van der Waals surface area contributed by atoms with E-state index in [0.717, 1.165) is 45.4 Å². The average Bonchev–Trinajstić information content (AvgIpc) is 3.29. The third kappa shape index (κ3) is 4.64. The summed E-state index contributed by atoms with van der Waals surface area (Å²) in [5.74, 6) is 0.0572. The highest BCUT2D eigenvalue weighted by molar-refractivity contribution is 5.84. The molecule has 1 atom stereocenters. The van der Waals surface area contributed by atoms with Crippen molar-refractivity contribution in [1.82, 2.24) is 14.4 Å². The third-order valence-electron chi connectivity index (χ3n) is 6.50. The van der Waals surface area contributed by atoms with Crippen LogP contribution in [0, 0.1) is 0 Å². The molecular formula is C23H32N4O2. The largest absolute Gasteiger partial charge is 0.370 e. The predicted molar refractivity (Wildman–Crippen MR) is 114 cm³/mol. The van der Waals surface area contributed by atoms with Gasteiger partial charge in [0.05, 0.1) is 0 Å². The minimum atomic E-state index is -0.267. The Morgan fingerprint density at radius 3 is 2.76 bits per heavy atom. The molecule has 1 aromatic carbocycles. The van der Waals surface area contributed by atoms with Gasteiger partial charge in [0.1, 0.15) is 0 Å². The van der Waals surface area contributed by atoms with Crippen LogP contribution >= 0.6 is 0 Å². The molecule has 2 aromatic rings. The highest BCUT2D eigenvalue weighted by Gasteiger charge is 2.26. The number of amides is 2. The summed E-state index contributed by atoms with van der Waals surface area (Å²) in [6.45, 7) is 4.47. The van der Waals surface area contributed by atoms with Gasteiger partial charge in [-0.1, -0.05) is 24.6 Å². The third-order valence-corrected chi connectivity index (χ3v) is 6.50. The number of primary amides is 1. The van der Waals surface area contributed by atoms with Crippen molar-refractivity contribution in [3.63, 3.8) is 0 Å². The maximum Gasteiger partial charge on any atom is 0.222 e. The summed E-state index contributed by atoms with van der Waals surface area (Å²) in [4.78, 5) is 27.9. The average molecular weight is 397 g/mol. The van der Waals surface area contributed by atoms with Crippen LogP contribution in [0.15, 0.2) is 30.5 Å². The molecule has 0 spiro atoms. The van der Waals surface area contributed by atoms with Crippen LogP contribution in [0.25, 0.3) is 10.9 Å². The summed E-state index contributed by atoms with van der Waals surface area (Å²) in [5, 5.41) is 1.26. The lowest BCUT2D eigenvalue weighted by atomic mass is 9.98. The van der Waals surface area contributed by atoms with Gasteiger partial charge in [0.25, 0.3) is 0 Å². The fourth-order valence-corrected chi connectivity index (χ4v) is 4.92. The minimum Gasteiger partial charge on any atom is -0.370 e. The van der Waals surface area contributed by atoms with Crippen molar-refractivity contribution >= 4 is 22.7 Å². The minimum absolute atomic E-state index is 0.267. The second kappa shape index (κ2) is 8.99. The summed E-state index contributed by atoms with van der Waals surface area (Å²) in [5.41, 5.74) is 7.85. The Hall–Kier alpha value is -2.34. The molecule has 0 radical (unpaired) electrons. The topological polar surface area (TPSA) is 71.6 Å². The molecule has 3 heterocycles. The van der Waals surface area contributed by atoms with Crippen molar-refractivity contribution in [3.05, 3.63) is 36.0 Å². The molecule has 2 N–H and O–H groups in total. The quantitative estimate of drug-likeness (QED) is 0.746. The Kier molecular flexibility index (Phi) is 6.19. The second-order valence-corrected chi connectivity index (χ2v) is 8.47. The fourth-order valence-electron chi connectivity index (χ4n) is 4.92. The van der Waals surface area contributed by atoms with E-state index in [-0.39, 0.29) is 5.91 Å². The number of carbonyl (C=O) groups excluding carboxylic acids is 2. The highest BCUT2D eigenvalue weighted by Crippen LogP contribution is 2.27. The van der Waals surface area contributed by atoms with E-state index in [2.05, 4.69) is 33.9 Å². The maximum absolute atomic E-state index is 12.0. The van der Waals surface area contributed by atoms with E-state index in [1.165, 1.54) is 35.7 Å². The van der Waals surface area contributed by atoms with E-state index in [1.807, 2.05) is 11.0 Å². The van der Waals surface area contributed by atoms with Crippen LogP contribution in [0.1, 0.15) is 50.5 Å². The van der Waals surface area contributed by atoms with Crippen molar-refractivity contribution < 1.29 is 9.59 Å². The van der Waals surface area contributed by atoms with E-state index >= 15 is 0 Å². The van der Waals surface area contributed by atoms with Gasteiger partial charge in [0.2, 0.25) is 11.8 Å². The Morgan fingerprint density at radius 1 is 1.10 bits per heavy atom. The van der Waals surface area contributed by atoms with E-state index in [4.69, 9.17) is 5.73 Å². The first-order chi connectivity index (χ1) is 14.1. The lowest BCUT2D eigenvalue weighted by Gasteiger charge is -2.36. The molecule has 156 valence electrons. The molecule has 2 amide bonds. The van der Waals surface area contributed by atoms with Crippen molar-refractivity contribution in [1.29, 1.82) is 0 Å². The molecule has 0 aliphatic carbocycles. The first kappa shape index (κ1) is 20.0. The summed E-state index contributed by atoms with van der Waals surface area (Å²) >= 11 is 0. The number of benzene rings is 1. The number of nitrogens with zero attached hydrogens (tertiary/aromatic N) is 3. The highest BCUT2D eigenvalue weighted by atomic mass is 16.2. The van der Waals surface area contributed by atoms with E-state index < -0.39 is 0 Å². The van der Waals surface area contributed by atoms with E-state index in [9.17, 15) is 9.59 Å². The molecule has 29 heavy (non-hydrogen) atoms. The number of aryl methyl sites for hydroxylation is 1. The monoisotopic (exact) mass is 396 g/mol. The summed E-state index contributed by atoms with van der Waals surface area (Å²) in [6, 6.07) is 8.95. The molecule has 1 unspecified atom stereocenters. The zero-order valence-electron chi connectivity index (χ0n) is 17.2. The van der Waals surface area contributed by atoms with Crippen molar-refractivity contribution in [2.75, 3.05) is 19.6 Å². The number of hydrogen-bond donors (Lipinski definition) is 1. The molecule has 6 nitrogen and oxygen atoms in total. The normalized spacial score (nSPS) is 20.6. The molecule has 2 aliphatic rings. The zero-order chi connectivity index (χ0) is 20.2. The first-order valence-corrected chi connectivity index (χ1v) is 11.0. The van der Waals surface area contributed by atoms with Gasteiger partial charge in [-0.15, -0.1) is 0 Å². The van der Waals surface area contributed by atoms with Gasteiger partial charge in [0.15, 0.2) is 0 Å². The number of likely N-dealkylation sites (tertiary alicyclic amines) is 2. The molecule has 0 bridgehead atoms. The molecule has 6 heteroatoms. The molecule has 0 saturated carbocycles. The molecule has 2 saturated heterocycles. The summed E-state index contributed by atoms with van der Waals surface area (Å²) < 4.78 is 2.16. The van der Waals surface area contributed by atoms with Crippen LogP contribution in [0.3, 0.4) is 0 Å². The predicted octanol–water partition coefficient (Wildman–Crippen LogP) is 2.88. The number of aromatic nitrogens is 1. The maximum atomic E-state index is 12.0. The van der Waals surface area contributed by atoms with Crippen LogP contribution in [-0.2, 0) is 22.7 Å². The zero-order valence-corrected chi connectivity index (χ0v) is 17.2. The van der Waals surface area contributed by atoms with Crippen LogP contribution in [-0.4, -0.2) is 51.9 Å². The Labute approximate surface area is 172 Å². The van der Waals surface area contributed by atoms with E-state index in [0.29, 0.717) is 24.9 Å². The smallest absolute Gasteiger partial charge is 0.222 e. The number of nitrogens with two attached hydrogens (primary N) is 1. The lowest BCUT2D eigenvalue weighted by molar-refractivity contribution is -0.128. The van der Waals surface area contributed by atoms with Gasteiger partial charge >= 0.3 is 0 Å². The van der Waals surface area contributed by atoms with Crippen LogP contribution in [0.2, 0.25) is 0 Å². The number of para-hydroxylation sites is 1. The summed E-state index contributed by atoms with van der Waals surface area (Å²) in [7, 11) is 0. The summed E-state index contributed by atoms with van der Waals surface area (Å²) in [6.07, 6.45) is 9.07. The molecule has 1 aromatic heterocycles. The van der Waals surface area contributed by atoms with Gasteiger partial charge in [-0.25, -0.2) is 0 Å². The van der Waals surface area contributed by atoms with Gasteiger partial charge in [-0.2, -0.15) is 0 Å². The van der Waals surface area contributed by atoms with Gasteiger partial charge in [-0.3, -0.25) is 14.5 Å². The second-order valence-electron chi connectivity index (χ2n) is 8.47. The Morgan fingerprint density at radius 2 is 1.97 bits per heavy atom. The molecular weight excluding hydrogens is 364 g/mol. The standard InChI is InChI=1S/C23H32N4O2/c24-22(28)11-15-27-17-18(20-7-1-2-8-21(20)27)16-26-12-4-3-6-19(26)10-14-25-13-5-9-23(25)29/h1-2,7-8,17,19H,3-6,9-16H2,(H2,24,28). The Bertz CT molecular complexity index is 875. The van der Waals surface area contributed by atoms with Crippen molar-refractivity contribution in [3.8, 4) is 0 Å². The number of piperidine rings is 1. The van der Waals surface area contributed by atoms with Gasteiger partial charge < -0.3 is 15.2 Å². The first-order valence-electron chi connectivity index (χ1n) is 11.0. The van der Waals surface area contributed by atoms with Crippen LogP contribution < -0.4 is 5.73 Å². The van der Waals surface area contributed by atoms with Crippen molar-refractivity contribution in [2.24, 2.45) is 5.73 Å². The number of hydrogen-bond acceptors (Lipinski definition) is 3.